The van der Waals surface area contributed by atoms with Crippen LogP contribution in [0.5, 0.6) is 0 Å². The molecule has 0 spiro atoms. The highest BCUT2D eigenvalue weighted by Crippen LogP contribution is 2.12. The Morgan fingerprint density at radius 3 is 2.50 bits per heavy atom. The standard InChI is InChI=1S/C18H22N2O3S/c1-13(14-7-4-3-5-8-14)19-17(21)15(10-12-24-2)20-18(22)16-9-6-11-23-16/h3-9,11,13,15H,10,12H2,1-2H3,(H,19,21)(H,20,22)/t13-,15-/m1/s1. The van der Waals surface area contributed by atoms with Crippen molar-refractivity contribution in [3.8, 4) is 0 Å². The van der Waals surface area contributed by atoms with Crippen molar-refractivity contribution in [2.75, 3.05) is 12.0 Å². The van der Waals surface area contributed by atoms with E-state index in [0.29, 0.717) is 6.42 Å². The molecule has 0 unspecified atom stereocenters. The largest absolute Gasteiger partial charge is 0.459 e. The van der Waals surface area contributed by atoms with Gasteiger partial charge in [0.1, 0.15) is 6.04 Å². The summed E-state index contributed by atoms with van der Waals surface area (Å²) in [4.78, 5) is 24.7. The second-order valence-corrected chi connectivity index (χ2v) is 6.41. The highest BCUT2D eigenvalue weighted by Gasteiger charge is 2.23. The zero-order valence-corrected chi connectivity index (χ0v) is 14.6. The molecule has 0 radical (unpaired) electrons. The predicted molar refractivity (Wildman–Crippen MR) is 96.0 cm³/mol. The number of hydrogen-bond donors (Lipinski definition) is 2. The monoisotopic (exact) mass is 346 g/mol. The molecule has 128 valence electrons. The minimum Gasteiger partial charge on any atom is -0.459 e. The molecule has 6 heteroatoms. The predicted octanol–water partition coefficient (Wildman–Crippen LogP) is 3.01. The van der Waals surface area contributed by atoms with E-state index in [1.807, 2.05) is 43.5 Å². The number of benzene rings is 1. The maximum Gasteiger partial charge on any atom is 0.287 e. The first-order valence-electron chi connectivity index (χ1n) is 7.80. The average molecular weight is 346 g/mol. The maximum absolute atomic E-state index is 12.6. The Kier molecular flexibility index (Phi) is 6.93. The van der Waals surface area contributed by atoms with Crippen LogP contribution in [0.1, 0.15) is 35.5 Å². The van der Waals surface area contributed by atoms with Gasteiger partial charge >= 0.3 is 0 Å². The summed E-state index contributed by atoms with van der Waals surface area (Å²) in [5, 5.41) is 5.72. The van der Waals surface area contributed by atoms with Crippen molar-refractivity contribution in [3.05, 3.63) is 60.1 Å². The molecule has 0 bridgehead atoms. The van der Waals surface area contributed by atoms with Crippen molar-refractivity contribution in [3.63, 3.8) is 0 Å². The van der Waals surface area contributed by atoms with Gasteiger partial charge in [-0.3, -0.25) is 9.59 Å². The van der Waals surface area contributed by atoms with Crippen molar-refractivity contribution in [1.82, 2.24) is 10.6 Å². The van der Waals surface area contributed by atoms with E-state index in [4.69, 9.17) is 4.42 Å². The van der Waals surface area contributed by atoms with Crippen LogP contribution in [0.2, 0.25) is 0 Å². The minimum atomic E-state index is -0.596. The molecule has 24 heavy (non-hydrogen) atoms. The van der Waals surface area contributed by atoms with E-state index in [9.17, 15) is 9.59 Å². The lowest BCUT2D eigenvalue weighted by molar-refractivity contribution is -0.123. The topological polar surface area (TPSA) is 71.3 Å². The summed E-state index contributed by atoms with van der Waals surface area (Å²) in [6, 6.07) is 12.2. The Bertz CT molecular complexity index is 644. The van der Waals surface area contributed by atoms with Crippen LogP contribution in [0.4, 0.5) is 0 Å². The fraction of sp³-hybridized carbons (Fsp3) is 0.333. The first kappa shape index (κ1) is 18.1. The number of carbonyl (C=O) groups excluding carboxylic acids is 2. The lowest BCUT2D eigenvalue weighted by atomic mass is 10.1. The lowest BCUT2D eigenvalue weighted by Gasteiger charge is -2.21. The molecule has 0 aliphatic heterocycles. The summed E-state index contributed by atoms with van der Waals surface area (Å²) >= 11 is 1.63. The van der Waals surface area contributed by atoms with Gasteiger partial charge in [0.05, 0.1) is 12.3 Å². The minimum absolute atomic E-state index is 0.129. The molecule has 2 amide bonds. The van der Waals surface area contributed by atoms with E-state index >= 15 is 0 Å². The van der Waals surface area contributed by atoms with Crippen LogP contribution in [0, 0.1) is 0 Å². The van der Waals surface area contributed by atoms with Crippen LogP contribution in [-0.4, -0.2) is 29.9 Å². The van der Waals surface area contributed by atoms with Crippen molar-refractivity contribution in [1.29, 1.82) is 0 Å². The normalized spacial score (nSPS) is 13.1. The Labute approximate surface area is 146 Å². The lowest BCUT2D eigenvalue weighted by Crippen LogP contribution is -2.47. The fourth-order valence-corrected chi connectivity index (χ4v) is 2.75. The molecule has 2 rings (SSSR count). The number of thioether (sulfide) groups is 1. The van der Waals surface area contributed by atoms with Gasteiger partial charge in [-0.2, -0.15) is 11.8 Å². The zero-order valence-electron chi connectivity index (χ0n) is 13.8. The fourth-order valence-electron chi connectivity index (χ4n) is 2.28. The van der Waals surface area contributed by atoms with Crippen molar-refractivity contribution >= 4 is 23.6 Å². The van der Waals surface area contributed by atoms with Crippen molar-refractivity contribution in [2.24, 2.45) is 0 Å². The molecule has 1 aromatic heterocycles. The SMILES string of the molecule is CSCC[C@@H](NC(=O)c1ccco1)C(=O)N[C@H](C)c1ccccc1. The third-order valence-corrected chi connectivity index (χ3v) is 4.28. The van der Waals surface area contributed by atoms with E-state index in [-0.39, 0.29) is 23.6 Å². The molecule has 0 aliphatic rings. The average Bonchev–Trinajstić information content (AvgIpc) is 3.13. The smallest absolute Gasteiger partial charge is 0.287 e. The summed E-state index contributed by atoms with van der Waals surface area (Å²) in [5.74, 6) is 0.401. The Balaban J connectivity index is 2.00. The van der Waals surface area contributed by atoms with Gasteiger partial charge in [0.25, 0.3) is 5.91 Å². The second kappa shape index (κ2) is 9.17. The zero-order chi connectivity index (χ0) is 17.4. The number of amides is 2. The van der Waals surface area contributed by atoms with Gasteiger partial charge in [-0.25, -0.2) is 0 Å². The molecule has 1 heterocycles. The first-order chi connectivity index (χ1) is 11.6. The molecular weight excluding hydrogens is 324 g/mol. The van der Waals surface area contributed by atoms with Gasteiger partial charge < -0.3 is 15.1 Å². The summed E-state index contributed by atoms with van der Waals surface area (Å²) in [5.41, 5.74) is 1.02. The van der Waals surface area contributed by atoms with E-state index in [1.54, 1.807) is 23.9 Å². The number of nitrogens with one attached hydrogen (secondary N) is 2. The maximum atomic E-state index is 12.6. The summed E-state index contributed by atoms with van der Waals surface area (Å²) in [6.45, 7) is 1.92. The van der Waals surface area contributed by atoms with Gasteiger partial charge in [-0.05, 0) is 43.0 Å². The number of furan rings is 1. The number of carbonyl (C=O) groups is 2. The molecule has 0 fully saturated rings. The van der Waals surface area contributed by atoms with E-state index in [0.717, 1.165) is 11.3 Å². The van der Waals surface area contributed by atoms with Gasteiger partial charge in [0, 0.05) is 0 Å². The van der Waals surface area contributed by atoms with Gasteiger partial charge in [-0.1, -0.05) is 30.3 Å². The van der Waals surface area contributed by atoms with E-state index in [1.165, 1.54) is 6.26 Å². The summed E-state index contributed by atoms with van der Waals surface area (Å²) in [6.07, 6.45) is 3.96. The van der Waals surface area contributed by atoms with Gasteiger partial charge in [-0.15, -0.1) is 0 Å². The van der Waals surface area contributed by atoms with Gasteiger partial charge in [0.2, 0.25) is 5.91 Å². The van der Waals surface area contributed by atoms with Crippen LogP contribution in [0.15, 0.2) is 53.1 Å². The van der Waals surface area contributed by atoms with E-state index < -0.39 is 6.04 Å². The number of rotatable bonds is 8. The quantitative estimate of drug-likeness (QED) is 0.771. The number of hydrogen-bond acceptors (Lipinski definition) is 4. The van der Waals surface area contributed by atoms with Gasteiger partial charge in [0.15, 0.2) is 5.76 Å². The molecule has 2 atom stereocenters. The third-order valence-electron chi connectivity index (χ3n) is 3.64. The van der Waals surface area contributed by atoms with Crippen LogP contribution >= 0.6 is 11.8 Å². The molecule has 0 saturated heterocycles. The summed E-state index contributed by atoms with van der Waals surface area (Å²) < 4.78 is 5.08. The molecule has 2 N–H and O–H groups in total. The second-order valence-electron chi connectivity index (χ2n) is 5.43. The molecule has 5 nitrogen and oxygen atoms in total. The van der Waals surface area contributed by atoms with Crippen LogP contribution in [-0.2, 0) is 4.79 Å². The molecular formula is C18H22N2O3S. The van der Waals surface area contributed by atoms with Crippen LogP contribution in [0.3, 0.4) is 0 Å². The third kappa shape index (κ3) is 5.16. The summed E-state index contributed by atoms with van der Waals surface area (Å²) in [7, 11) is 0. The highest BCUT2D eigenvalue weighted by molar-refractivity contribution is 7.98. The Hall–Kier alpha value is -2.21. The molecule has 0 aliphatic carbocycles. The van der Waals surface area contributed by atoms with Crippen molar-refractivity contribution in [2.45, 2.75) is 25.4 Å². The first-order valence-corrected chi connectivity index (χ1v) is 9.20. The van der Waals surface area contributed by atoms with E-state index in [2.05, 4.69) is 10.6 Å². The molecule has 2 aromatic rings. The van der Waals surface area contributed by atoms with Crippen LogP contribution in [0.25, 0.3) is 0 Å². The van der Waals surface area contributed by atoms with Crippen LogP contribution < -0.4 is 10.6 Å². The molecule has 0 saturated carbocycles. The Morgan fingerprint density at radius 1 is 1.12 bits per heavy atom. The Morgan fingerprint density at radius 2 is 1.88 bits per heavy atom. The highest BCUT2D eigenvalue weighted by atomic mass is 32.2. The van der Waals surface area contributed by atoms with Crippen molar-refractivity contribution < 1.29 is 14.0 Å². The molecule has 1 aromatic carbocycles.